The van der Waals surface area contributed by atoms with Crippen LogP contribution in [-0.4, -0.2) is 24.7 Å². The topological polar surface area (TPSA) is 82.5 Å². The maximum absolute atomic E-state index is 5.80. The third-order valence-corrected chi connectivity index (χ3v) is 3.55. The number of nitrogens with zero attached hydrogens (tertiary/aromatic N) is 5. The molecule has 90 valence electrons. The second kappa shape index (κ2) is 4.26. The minimum absolute atomic E-state index is 0.692. The van der Waals surface area contributed by atoms with Crippen LogP contribution in [-0.2, 0) is 7.05 Å². The van der Waals surface area contributed by atoms with Crippen molar-refractivity contribution in [3.8, 4) is 0 Å². The molecule has 0 saturated carbocycles. The van der Waals surface area contributed by atoms with Crippen LogP contribution in [0, 0.1) is 0 Å². The Hall–Kier alpha value is -2.15. The molecule has 0 aliphatic rings. The fourth-order valence-corrected chi connectivity index (χ4v) is 2.42. The first-order chi connectivity index (χ1) is 8.74. The summed E-state index contributed by atoms with van der Waals surface area (Å²) < 4.78 is 1.70. The quantitative estimate of drug-likeness (QED) is 0.554. The van der Waals surface area contributed by atoms with E-state index in [1.54, 1.807) is 4.68 Å². The molecule has 2 aromatic heterocycles. The highest BCUT2D eigenvalue weighted by Gasteiger charge is 2.09. The Balaban J connectivity index is 2.11. The molecule has 0 spiro atoms. The van der Waals surface area contributed by atoms with Gasteiger partial charge in [-0.15, -0.1) is 0 Å². The number of aromatic nitrogens is 5. The summed E-state index contributed by atoms with van der Waals surface area (Å²) in [6.07, 6.45) is 3.05. The highest BCUT2D eigenvalue weighted by molar-refractivity contribution is 7.99. The maximum Gasteiger partial charge on any atom is 0.192 e. The van der Waals surface area contributed by atoms with E-state index in [4.69, 9.17) is 5.73 Å². The third kappa shape index (κ3) is 1.88. The van der Waals surface area contributed by atoms with Crippen molar-refractivity contribution in [2.45, 2.75) is 10.2 Å². The molecule has 0 unspecified atom stereocenters. The maximum atomic E-state index is 5.80. The summed E-state index contributed by atoms with van der Waals surface area (Å²) in [4.78, 5) is 12.7. The Morgan fingerprint density at radius 3 is 2.83 bits per heavy atom. The van der Waals surface area contributed by atoms with Crippen molar-refractivity contribution in [3.63, 3.8) is 0 Å². The molecular formula is C11H10N6S. The van der Waals surface area contributed by atoms with Crippen molar-refractivity contribution in [3.05, 3.63) is 30.9 Å². The number of hydrogen-bond donors (Lipinski definition) is 1. The largest absolute Gasteiger partial charge is 0.399 e. The number of anilines is 1. The number of fused-ring (bicyclic) bond motifs is 1. The molecule has 0 saturated heterocycles. The number of nitrogens with two attached hydrogens (primary N) is 1. The first-order valence-corrected chi connectivity index (χ1v) is 6.08. The van der Waals surface area contributed by atoms with Crippen molar-refractivity contribution < 1.29 is 0 Å². The van der Waals surface area contributed by atoms with Crippen molar-refractivity contribution in [1.29, 1.82) is 0 Å². The van der Waals surface area contributed by atoms with E-state index in [2.05, 4.69) is 20.1 Å². The van der Waals surface area contributed by atoms with Crippen LogP contribution in [0.1, 0.15) is 0 Å². The summed E-state index contributed by atoms with van der Waals surface area (Å²) in [5, 5.41) is 6.55. The van der Waals surface area contributed by atoms with Crippen LogP contribution in [0.2, 0.25) is 0 Å². The van der Waals surface area contributed by atoms with E-state index < -0.39 is 0 Å². The normalized spacial score (nSPS) is 10.9. The van der Waals surface area contributed by atoms with Gasteiger partial charge >= 0.3 is 0 Å². The zero-order valence-corrected chi connectivity index (χ0v) is 10.4. The molecule has 3 rings (SSSR count). The number of aryl methyl sites for hydroxylation is 1. The van der Waals surface area contributed by atoms with Crippen LogP contribution in [0.15, 0.2) is 41.0 Å². The highest BCUT2D eigenvalue weighted by atomic mass is 32.2. The van der Waals surface area contributed by atoms with Crippen LogP contribution in [0.3, 0.4) is 0 Å². The van der Waals surface area contributed by atoms with E-state index in [9.17, 15) is 0 Å². The first-order valence-electron chi connectivity index (χ1n) is 5.26. The van der Waals surface area contributed by atoms with E-state index in [0.717, 1.165) is 21.1 Å². The van der Waals surface area contributed by atoms with Gasteiger partial charge in [-0.3, -0.25) is 0 Å². The summed E-state index contributed by atoms with van der Waals surface area (Å²) in [6, 6.07) is 5.58. The predicted molar refractivity (Wildman–Crippen MR) is 69.1 cm³/mol. The van der Waals surface area contributed by atoms with Crippen molar-refractivity contribution in [2.24, 2.45) is 7.05 Å². The third-order valence-electron chi connectivity index (χ3n) is 2.48. The molecule has 0 bridgehead atoms. The number of nitrogen functional groups attached to an aromatic ring is 1. The molecular weight excluding hydrogens is 248 g/mol. The molecule has 0 radical (unpaired) electrons. The smallest absolute Gasteiger partial charge is 0.192 e. The minimum Gasteiger partial charge on any atom is -0.399 e. The van der Waals surface area contributed by atoms with E-state index in [1.807, 2.05) is 25.2 Å². The summed E-state index contributed by atoms with van der Waals surface area (Å²) in [5.74, 6) is 0. The Kier molecular flexibility index (Phi) is 2.60. The summed E-state index contributed by atoms with van der Waals surface area (Å²) in [6.45, 7) is 0. The molecule has 3 aromatic rings. The number of hydrogen-bond acceptors (Lipinski definition) is 6. The molecule has 0 fully saturated rings. The van der Waals surface area contributed by atoms with Gasteiger partial charge in [0, 0.05) is 18.1 Å². The van der Waals surface area contributed by atoms with Gasteiger partial charge in [-0.05, 0) is 30.0 Å². The van der Waals surface area contributed by atoms with E-state index in [-0.39, 0.29) is 0 Å². The first kappa shape index (κ1) is 11.0. The van der Waals surface area contributed by atoms with E-state index in [1.165, 1.54) is 24.4 Å². The summed E-state index contributed by atoms with van der Waals surface area (Å²) in [5.41, 5.74) is 7.35. The molecule has 2 heterocycles. The predicted octanol–water partition coefficient (Wildman–Crippen LogP) is 1.49. The standard InChI is InChI=1S/C11H10N6S/c1-17-11(15-6-16-17)18-10-8-4-7(12)2-3-9(8)13-5-14-10/h2-6H,12H2,1H3. The zero-order chi connectivity index (χ0) is 12.5. The van der Waals surface area contributed by atoms with Gasteiger partial charge in [-0.25, -0.2) is 19.6 Å². The number of benzene rings is 1. The molecule has 7 heteroatoms. The minimum atomic E-state index is 0.692. The Labute approximate surface area is 107 Å². The fraction of sp³-hybridized carbons (Fsp3) is 0.0909. The average molecular weight is 258 g/mol. The van der Waals surface area contributed by atoms with E-state index in [0.29, 0.717) is 5.69 Å². The lowest BCUT2D eigenvalue weighted by Gasteiger charge is -2.04. The fourth-order valence-electron chi connectivity index (χ4n) is 1.60. The van der Waals surface area contributed by atoms with Gasteiger partial charge in [0.1, 0.15) is 17.7 Å². The molecule has 18 heavy (non-hydrogen) atoms. The van der Waals surface area contributed by atoms with Crippen LogP contribution in [0.25, 0.3) is 10.9 Å². The molecule has 0 atom stereocenters. The number of rotatable bonds is 2. The van der Waals surface area contributed by atoms with Crippen LogP contribution < -0.4 is 5.73 Å². The van der Waals surface area contributed by atoms with Gasteiger partial charge in [0.25, 0.3) is 0 Å². The molecule has 0 amide bonds. The Morgan fingerprint density at radius 2 is 2.06 bits per heavy atom. The van der Waals surface area contributed by atoms with Crippen LogP contribution >= 0.6 is 11.8 Å². The monoisotopic (exact) mass is 258 g/mol. The molecule has 0 aliphatic carbocycles. The zero-order valence-electron chi connectivity index (χ0n) is 9.61. The van der Waals surface area contributed by atoms with Crippen LogP contribution in [0.5, 0.6) is 0 Å². The van der Waals surface area contributed by atoms with Crippen molar-refractivity contribution in [2.75, 3.05) is 5.73 Å². The van der Waals surface area contributed by atoms with E-state index >= 15 is 0 Å². The summed E-state index contributed by atoms with van der Waals surface area (Å²) >= 11 is 1.44. The van der Waals surface area contributed by atoms with Gasteiger partial charge in [0.2, 0.25) is 0 Å². The van der Waals surface area contributed by atoms with Gasteiger partial charge in [-0.1, -0.05) is 0 Å². The van der Waals surface area contributed by atoms with Crippen molar-refractivity contribution >= 4 is 28.4 Å². The molecule has 1 aromatic carbocycles. The van der Waals surface area contributed by atoms with Crippen LogP contribution in [0.4, 0.5) is 5.69 Å². The van der Waals surface area contributed by atoms with Gasteiger partial charge in [-0.2, -0.15) is 5.10 Å². The lowest BCUT2D eigenvalue weighted by atomic mass is 10.2. The van der Waals surface area contributed by atoms with Gasteiger partial charge in [0.05, 0.1) is 5.52 Å². The SMILES string of the molecule is Cn1ncnc1Sc1ncnc2ccc(N)cc12. The van der Waals surface area contributed by atoms with Crippen molar-refractivity contribution in [1.82, 2.24) is 24.7 Å². The van der Waals surface area contributed by atoms with Gasteiger partial charge < -0.3 is 5.73 Å². The average Bonchev–Trinajstić information content (AvgIpc) is 2.76. The highest BCUT2D eigenvalue weighted by Crippen LogP contribution is 2.30. The summed E-state index contributed by atoms with van der Waals surface area (Å²) in [7, 11) is 1.84. The molecule has 0 aliphatic heterocycles. The second-order valence-electron chi connectivity index (χ2n) is 3.72. The second-order valence-corrected chi connectivity index (χ2v) is 4.68. The molecule has 2 N–H and O–H groups in total. The Morgan fingerprint density at radius 1 is 1.17 bits per heavy atom. The Bertz CT molecular complexity index is 708. The molecule has 6 nitrogen and oxygen atoms in total. The lowest BCUT2D eigenvalue weighted by molar-refractivity contribution is 0.685. The van der Waals surface area contributed by atoms with Gasteiger partial charge in [0.15, 0.2) is 5.16 Å². The lowest BCUT2D eigenvalue weighted by Crippen LogP contribution is -1.94.